The van der Waals surface area contributed by atoms with E-state index in [-0.39, 0.29) is 23.6 Å². The van der Waals surface area contributed by atoms with Crippen LogP contribution in [0.1, 0.15) is 42.6 Å². The minimum atomic E-state index is -4.77. The lowest BCUT2D eigenvalue weighted by Gasteiger charge is -2.40. The van der Waals surface area contributed by atoms with E-state index in [9.17, 15) is 23.1 Å². The van der Waals surface area contributed by atoms with Gasteiger partial charge in [0.15, 0.2) is 0 Å². The molecule has 1 aromatic heterocycles. The van der Waals surface area contributed by atoms with Crippen LogP contribution in [0.25, 0.3) is 11.4 Å². The van der Waals surface area contributed by atoms with Crippen molar-refractivity contribution in [2.75, 3.05) is 26.2 Å². The van der Waals surface area contributed by atoms with Gasteiger partial charge < -0.3 is 24.2 Å². The van der Waals surface area contributed by atoms with Crippen LogP contribution < -0.4 is 4.74 Å². The van der Waals surface area contributed by atoms with Crippen molar-refractivity contribution >= 4 is 6.03 Å². The van der Waals surface area contributed by atoms with Crippen molar-refractivity contribution in [3.63, 3.8) is 0 Å². The molecule has 2 amide bonds. The molecule has 3 heterocycles. The molecule has 1 N–H and O–H groups in total. The Kier molecular flexibility index (Phi) is 7.05. The van der Waals surface area contributed by atoms with Crippen LogP contribution in [-0.4, -0.2) is 69.7 Å². The van der Waals surface area contributed by atoms with Crippen molar-refractivity contribution in [2.45, 2.75) is 43.6 Å². The Balaban J connectivity index is 1.38. The van der Waals surface area contributed by atoms with Crippen molar-refractivity contribution in [2.24, 2.45) is 0 Å². The van der Waals surface area contributed by atoms with Crippen LogP contribution in [-0.2, 0) is 0 Å². The molecule has 2 saturated heterocycles. The first-order valence-corrected chi connectivity index (χ1v) is 12.2. The molecular weight excluding hydrogens is 489 g/mol. The monoisotopic (exact) mass is 516 g/mol. The van der Waals surface area contributed by atoms with Crippen molar-refractivity contribution < 1.29 is 32.3 Å². The number of aliphatic hydroxyl groups excluding tert-OH is 1. The van der Waals surface area contributed by atoms with Gasteiger partial charge in [-0.15, -0.1) is 13.2 Å². The van der Waals surface area contributed by atoms with Crippen molar-refractivity contribution in [3.05, 3.63) is 66.1 Å². The summed E-state index contributed by atoms with van der Waals surface area (Å²) in [5, 5.41) is 14.0. The van der Waals surface area contributed by atoms with Crippen LogP contribution in [0.3, 0.4) is 0 Å². The van der Waals surface area contributed by atoms with E-state index in [2.05, 4.69) is 14.9 Å². The number of carbonyl (C=O) groups is 1. The Hall–Kier alpha value is -3.60. The number of hydrogen-bond acceptors (Lipinski definition) is 6. The lowest BCUT2D eigenvalue weighted by Crippen LogP contribution is -2.51. The lowest BCUT2D eigenvalue weighted by atomic mass is 9.84. The van der Waals surface area contributed by atoms with Gasteiger partial charge in [-0.25, -0.2) is 4.79 Å². The van der Waals surface area contributed by atoms with Gasteiger partial charge in [-0.1, -0.05) is 47.6 Å². The van der Waals surface area contributed by atoms with Crippen LogP contribution in [0.5, 0.6) is 5.75 Å². The third kappa shape index (κ3) is 6.04. The highest BCUT2D eigenvalue weighted by Gasteiger charge is 2.37. The minimum absolute atomic E-state index is 0.138. The number of halogens is 3. The maximum atomic E-state index is 13.4. The SMILES string of the molecule is O=C(N1CCC(O)CC1)N1CC(c2ccc(OC(F)(F)F)cc2)CC(c2nc(-c3ccccc3)no2)C1. The fourth-order valence-corrected chi connectivity index (χ4v) is 4.98. The van der Waals surface area contributed by atoms with Crippen molar-refractivity contribution in [1.29, 1.82) is 0 Å². The van der Waals surface area contributed by atoms with Crippen LogP contribution >= 0.6 is 0 Å². The summed E-state index contributed by atoms with van der Waals surface area (Å²) in [4.78, 5) is 21.5. The quantitative estimate of drug-likeness (QED) is 0.537. The summed E-state index contributed by atoms with van der Waals surface area (Å²) in [5.74, 6) is 0.147. The first-order valence-electron chi connectivity index (χ1n) is 12.2. The maximum Gasteiger partial charge on any atom is 0.573 e. The lowest BCUT2D eigenvalue weighted by molar-refractivity contribution is -0.274. The molecule has 2 unspecified atom stereocenters. The van der Waals surface area contributed by atoms with Gasteiger partial charge in [0.2, 0.25) is 11.7 Å². The topological polar surface area (TPSA) is 91.9 Å². The molecule has 2 aliphatic rings. The molecule has 196 valence electrons. The van der Waals surface area contributed by atoms with E-state index in [1.165, 1.54) is 12.1 Å². The highest BCUT2D eigenvalue weighted by molar-refractivity contribution is 5.75. The molecular formula is C26H27F3N4O4. The molecule has 8 nitrogen and oxygen atoms in total. The van der Waals surface area contributed by atoms with Gasteiger partial charge in [0, 0.05) is 37.7 Å². The summed E-state index contributed by atoms with van der Waals surface area (Å²) < 4.78 is 47.4. The summed E-state index contributed by atoms with van der Waals surface area (Å²) >= 11 is 0. The van der Waals surface area contributed by atoms with Gasteiger partial charge in [-0.3, -0.25) is 0 Å². The highest BCUT2D eigenvalue weighted by Crippen LogP contribution is 2.37. The van der Waals surface area contributed by atoms with Gasteiger partial charge in [0.05, 0.1) is 12.0 Å². The molecule has 0 spiro atoms. The average Bonchev–Trinajstić information content (AvgIpc) is 3.39. The number of carbonyl (C=O) groups excluding carboxylic acids is 1. The fraction of sp³-hybridized carbons (Fsp3) is 0.423. The van der Waals surface area contributed by atoms with Gasteiger partial charge in [-0.2, -0.15) is 4.98 Å². The molecule has 2 fully saturated rings. The van der Waals surface area contributed by atoms with E-state index in [4.69, 9.17) is 4.52 Å². The number of aliphatic hydroxyl groups is 1. The largest absolute Gasteiger partial charge is 0.573 e. The summed E-state index contributed by atoms with van der Waals surface area (Å²) in [6.07, 6.45) is -3.54. The summed E-state index contributed by atoms with van der Waals surface area (Å²) in [5.41, 5.74) is 1.60. The van der Waals surface area contributed by atoms with Crippen LogP contribution in [0, 0.1) is 0 Å². The zero-order valence-corrected chi connectivity index (χ0v) is 20.0. The number of ether oxygens (including phenoxy) is 1. The van der Waals surface area contributed by atoms with Gasteiger partial charge in [0.25, 0.3) is 0 Å². The number of aromatic nitrogens is 2. The van der Waals surface area contributed by atoms with E-state index in [1.807, 2.05) is 30.3 Å². The van der Waals surface area contributed by atoms with E-state index in [0.29, 0.717) is 57.2 Å². The second kappa shape index (κ2) is 10.4. The zero-order chi connectivity index (χ0) is 26.0. The first kappa shape index (κ1) is 25.1. The van der Waals surface area contributed by atoms with Gasteiger partial charge in [0.1, 0.15) is 5.75 Å². The zero-order valence-electron chi connectivity index (χ0n) is 20.0. The summed E-state index contributed by atoms with van der Waals surface area (Å²) in [7, 11) is 0. The Labute approximate surface area is 211 Å². The normalized spacial score (nSPS) is 21.2. The first-order chi connectivity index (χ1) is 17.7. The minimum Gasteiger partial charge on any atom is -0.406 e. The molecule has 2 atom stereocenters. The van der Waals surface area contributed by atoms with E-state index in [1.54, 1.807) is 21.9 Å². The highest BCUT2D eigenvalue weighted by atomic mass is 19.4. The Morgan fingerprint density at radius 1 is 0.973 bits per heavy atom. The number of rotatable bonds is 4. The van der Waals surface area contributed by atoms with E-state index >= 15 is 0 Å². The Morgan fingerprint density at radius 2 is 1.65 bits per heavy atom. The van der Waals surface area contributed by atoms with Crippen LogP contribution in [0.2, 0.25) is 0 Å². The summed E-state index contributed by atoms with van der Waals surface area (Å²) in [6.45, 7) is 1.70. The molecule has 3 aromatic rings. The van der Waals surface area contributed by atoms with Crippen LogP contribution in [0.15, 0.2) is 59.1 Å². The third-order valence-corrected chi connectivity index (χ3v) is 6.86. The number of benzene rings is 2. The summed E-state index contributed by atoms with van der Waals surface area (Å²) in [6, 6.07) is 15.0. The van der Waals surface area contributed by atoms with Gasteiger partial charge >= 0.3 is 12.4 Å². The molecule has 2 aliphatic heterocycles. The molecule has 0 bridgehead atoms. The number of urea groups is 1. The second-order valence-corrected chi connectivity index (χ2v) is 9.47. The van der Waals surface area contributed by atoms with E-state index < -0.39 is 12.5 Å². The predicted octanol–water partition coefficient (Wildman–Crippen LogP) is 4.79. The molecule has 0 radical (unpaired) electrons. The molecule has 11 heteroatoms. The second-order valence-electron chi connectivity index (χ2n) is 9.47. The van der Waals surface area contributed by atoms with Crippen molar-refractivity contribution in [1.82, 2.24) is 19.9 Å². The number of piperidine rings is 2. The number of alkyl halides is 3. The average molecular weight is 517 g/mol. The number of nitrogens with zero attached hydrogens (tertiary/aromatic N) is 4. The molecule has 37 heavy (non-hydrogen) atoms. The molecule has 2 aromatic carbocycles. The standard InChI is InChI=1S/C26H27F3N4O4/c27-26(28,29)36-22-8-6-17(7-9-22)19-14-20(24-30-23(31-37-24)18-4-2-1-3-5-18)16-33(15-19)25(35)32-12-10-21(34)11-13-32/h1-9,19-21,34H,10-16H2. The number of amides is 2. The maximum absolute atomic E-state index is 13.4. The molecule has 0 aliphatic carbocycles. The van der Waals surface area contributed by atoms with Gasteiger partial charge in [-0.05, 0) is 37.0 Å². The third-order valence-electron chi connectivity index (χ3n) is 6.86. The number of likely N-dealkylation sites (tertiary alicyclic amines) is 2. The fourth-order valence-electron chi connectivity index (χ4n) is 4.98. The number of hydrogen-bond donors (Lipinski definition) is 1. The predicted molar refractivity (Wildman–Crippen MR) is 127 cm³/mol. The Bertz CT molecular complexity index is 1190. The van der Waals surface area contributed by atoms with E-state index in [0.717, 1.165) is 11.1 Å². The molecule has 5 rings (SSSR count). The molecule has 0 saturated carbocycles. The van der Waals surface area contributed by atoms with Crippen LogP contribution in [0.4, 0.5) is 18.0 Å². The smallest absolute Gasteiger partial charge is 0.406 e. The Morgan fingerprint density at radius 3 is 2.32 bits per heavy atom. The van der Waals surface area contributed by atoms with Crippen molar-refractivity contribution in [3.8, 4) is 17.1 Å².